The summed E-state index contributed by atoms with van der Waals surface area (Å²) in [4.78, 5) is 0. The Labute approximate surface area is 70.3 Å². The summed E-state index contributed by atoms with van der Waals surface area (Å²) in [6.07, 6.45) is -1.02. The Bertz CT molecular complexity index is 84.5. The molecule has 12 heavy (non-hydrogen) atoms. The van der Waals surface area contributed by atoms with Gasteiger partial charge in [-0.3, -0.25) is 0 Å². The van der Waals surface area contributed by atoms with Gasteiger partial charge in [0, 0.05) is 6.42 Å². The van der Waals surface area contributed by atoms with Crippen LogP contribution in [0.3, 0.4) is 0 Å². The lowest BCUT2D eigenvalue weighted by Gasteiger charge is -2.08. The van der Waals surface area contributed by atoms with Gasteiger partial charge in [-0.25, -0.2) is 0 Å². The van der Waals surface area contributed by atoms with Gasteiger partial charge in [-0.15, -0.1) is 0 Å². The third-order valence-electron chi connectivity index (χ3n) is 0.896. The molecule has 0 bridgehead atoms. The number of rotatable bonds is 3. The first kappa shape index (κ1) is 14.3. The molecule has 0 saturated heterocycles. The van der Waals surface area contributed by atoms with Gasteiger partial charge in [0.1, 0.15) is 6.10 Å². The molecule has 0 saturated carbocycles. The van der Waals surface area contributed by atoms with E-state index in [1.165, 1.54) is 6.92 Å². The van der Waals surface area contributed by atoms with E-state index in [4.69, 9.17) is 30.6 Å². The van der Waals surface area contributed by atoms with Crippen LogP contribution >= 0.6 is 0 Å². The van der Waals surface area contributed by atoms with Crippen LogP contribution in [0.15, 0.2) is 0 Å². The summed E-state index contributed by atoms with van der Waals surface area (Å²) in [6.45, 7) is 0.729. The van der Waals surface area contributed by atoms with Crippen LogP contribution in [-0.2, 0) is 0 Å². The molecule has 6 heteroatoms. The first-order valence-electron chi connectivity index (χ1n) is 3.44. The second-order valence-corrected chi connectivity index (χ2v) is 2.15. The zero-order valence-electron chi connectivity index (χ0n) is 6.88. The molecule has 76 valence electrons. The van der Waals surface area contributed by atoms with Crippen molar-refractivity contribution in [3.63, 3.8) is 0 Å². The summed E-state index contributed by atoms with van der Waals surface area (Å²) in [5.41, 5.74) is 0. The van der Waals surface area contributed by atoms with E-state index in [9.17, 15) is 0 Å². The van der Waals surface area contributed by atoms with Gasteiger partial charge in [0.25, 0.3) is 5.97 Å². The number of hydrogen-bond donors (Lipinski definition) is 6. The summed E-state index contributed by atoms with van der Waals surface area (Å²) in [6, 6.07) is 0. The van der Waals surface area contributed by atoms with E-state index in [-0.39, 0.29) is 19.6 Å². The fraction of sp³-hybridized carbons (Fsp3) is 1.00. The molecule has 6 nitrogen and oxygen atoms in total. The van der Waals surface area contributed by atoms with Gasteiger partial charge in [-0.05, 0) is 0 Å². The van der Waals surface area contributed by atoms with Crippen molar-refractivity contribution in [2.24, 2.45) is 0 Å². The average Bonchev–Trinajstić information content (AvgIpc) is 2.03. The number of aliphatic hydroxyl groups excluding tert-OH is 3. The molecule has 0 amide bonds. The monoisotopic (exact) mass is 184 g/mol. The van der Waals surface area contributed by atoms with Crippen LogP contribution in [0.1, 0.15) is 13.3 Å². The van der Waals surface area contributed by atoms with Crippen molar-refractivity contribution in [1.29, 1.82) is 0 Å². The van der Waals surface area contributed by atoms with E-state index in [1.54, 1.807) is 0 Å². The first-order chi connectivity index (χ1) is 5.37. The molecule has 0 heterocycles. The Hall–Kier alpha value is -0.240. The largest absolute Gasteiger partial charge is 0.394 e. The highest BCUT2D eigenvalue weighted by molar-refractivity contribution is 4.44. The zero-order chi connectivity index (χ0) is 10.2. The molecular formula is C6H16O6. The molecule has 0 radical (unpaired) electrons. The molecule has 0 aliphatic heterocycles. The summed E-state index contributed by atoms with van der Waals surface area (Å²) in [7, 11) is 0. The van der Waals surface area contributed by atoms with Crippen LogP contribution < -0.4 is 0 Å². The predicted molar refractivity (Wildman–Crippen MR) is 39.9 cm³/mol. The van der Waals surface area contributed by atoms with Gasteiger partial charge < -0.3 is 30.6 Å². The van der Waals surface area contributed by atoms with Gasteiger partial charge in [-0.2, -0.15) is 0 Å². The Morgan fingerprint density at radius 2 is 1.33 bits per heavy atom. The lowest BCUT2D eigenvalue weighted by Crippen LogP contribution is -2.24. The molecule has 0 aromatic heterocycles. The van der Waals surface area contributed by atoms with Crippen LogP contribution in [0.2, 0.25) is 0 Å². The maximum atomic E-state index is 8.17. The topological polar surface area (TPSA) is 121 Å². The summed E-state index contributed by atoms with van der Waals surface area (Å²) >= 11 is 0. The van der Waals surface area contributed by atoms with E-state index in [0.717, 1.165) is 0 Å². The van der Waals surface area contributed by atoms with Gasteiger partial charge in [0.05, 0.1) is 13.2 Å². The van der Waals surface area contributed by atoms with Crippen LogP contribution in [0.25, 0.3) is 0 Å². The molecule has 0 aliphatic rings. The normalized spacial score (nSPS) is 11.0. The Balaban J connectivity index is 0. The highest BCUT2D eigenvalue weighted by atomic mass is 16.7. The van der Waals surface area contributed by atoms with Crippen molar-refractivity contribution in [1.82, 2.24) is 0 Å². The smallest absolute Gasteiger partial charge is 0.274 e. The molecule has 0 unspecified atom stereocenters. The third kappa shape index (κ3) is 16.4. The van der Waals surface area contributed by atoms with Crippen molar-refractivity contribution in [2.45, 2.75) is 25.4 Å². The fourth-order valence-corrected chi connectivity index (χ4v) is 0.0577. The lowest BCUT2D eigenvalue weighted by atomic mass is 10.4. The van der Waals surface area contributed by atoms with E-state index < -0.39 is 12.1 Å². The third-order valence-corrected chi connectivity index (χ3v) is 0.896. The highest BCUT2D eigenvalue weighted by Gasteiger charge is 2.11. The highest BCUT2D eigenvalue weighted by Crippen LogP contribution is 1.95. The lowest BCUT2D eigenvalue weighted by molar-refractivity contribution is -0.312. The molecule has 0 atom stereocenters. The predicted octanol–water partition coefficient (Wildman–Crippen LogP) is -2.64. The van der Waals surface area contributed by atoms with E-state index in [1.807, 2.05) is 0 Å². The minimum atomic E-state index is -2.46. The number of aliphatic hydroxyl groups is 6. The summed E-state index contributed by atoms with van der Waals surface area (Å²) in [5.74, 6) is -2.46. The first-order valence-corrected chi connectivity index (χ1v) is 3.44. The number of hydrogen-bond acceptors (Lipinski definition) is 6. The average molecular weight is 184 g/mol. The quantitative estimate of drug-likeness (QED) is 0.267. The van der Waals surface area contributed by atoms with Gasteiger partial charge in [0.15, 0.2) is 0 Å². The maximum absolute atomic E-state index is 8.17. The molecule has 0 fully saturated rings. The fourth-order valence-electron chi connectivity index (χ4n) is 0.0577. The van der Waals surface area contributed by atoms with Crippen molar-refractivity contribution in [3.8, 4) is 0 Å². The minimum Gasteiger partial charge on any atom is -0.394 e. The van der Waals surface area contributed by atoms with Crippen molar-refractivity contribution < 1.29 is 30.6 Å². The van der Waals surface area contributed by atoms with Crippen LogP contribution in [0, 0.1) is 0 Å². The molecule has 0 aromatic carbocycles. The molecule has 6 N–H and O–H groups in total. The Morgan fingerprint density at radius 1 is 1.08 bits per heavy atom. The molecule has 0 aromatic rings. The molecule has 0 spiro atoms. The standard InChI is InChI=1S/2C3H8O3/c4-1-3(6)2-5;1-2-3(4,5)6/h3-6H,1-2H2;4-6H,2H2,1H3. The van der Waals surface area contributed by atoms with Crippen molar-refractivity contribution in [3.05, 3.63) is 0 Å². The molecule has 0 aliphatic carbocycles. The summed E-state index contributed by atoms with van der Waals surface area (Å²) in [5, 5.41) is 47.8. The maximum Gasteiger partial charge on any atom is 0.274 e. The van der Waals surface area contributed by atoms with E-state index in [0.29, 0.717) is 0 Å². The Kier molecular flexibility index (Phi) is 8.83. The van der Waals surface area contributed by atoms with Gasteiger partial charge >= 0.3 is 0 Å². The summed E-state index contributed by atoms with van der Waals surface area (Å²) < 4.78 is 0. The van der Waals surface area contributed by atoms with Crippen LogP contribution in [0.5, 0.6) is 0 Å². The van der Waals surface area contributed by atoms with Crippen molar-refractivity contribution >= 4 is 0 Å². The van der Waals surface area contributed by atoms with Crippen LogP contribution in [0.4, 0.5) is 0 Å². The van der Waals surface area contributed by atoms with Gasteiger partial charge in [0.2, 0.25) is 0 Å². The second kappa shape index (κ2) is 7.41. The second-order valence-electron chi connectivity index (χ2n) is 2.15. The molecule has 0 rings (SSSR count). The van der Waals surface area contributed by atoms with Gasteiger partial charge in [-0.1, -0.05) is 6.92 Å². The van der Waals surface area contributed by atoms with E-state index >= 15 is 0 Å². The van der Waals surface area contributed by atoms with Crippen molar-refractivity contribution in [2.75, 3.05) is 13.2 Å². The van der Waals surface area contributed by atoms with Crippen LogP contribution in [-0.4, -0.2) is 55.9 Å². The zero-order valence-corrected chi connectivity index (χ0v) is 6.88. The molecular weight excluding hydrogens is 168 g/mol. The SMILES string of the molecule is CCC(O)(O)O.OCC(O)CO. The van der Waals surface area contributed by atoms with E-state index in [2.05, 4.69) is 0 Å². The Morgan fingerprint density at radius 3 is 1.33 bits per heavy atom. The minimum absolute atomic E-state index is 0.0625.